The largest absolute Gasteiger partial charge is 0.465 e. The van der Waals surface area contributed by atoms with E-state index >= 15 is 0 Å². The molecule has 0 saturated carbocycles. The van der Waals surface area contributed by atoms with Crippen molar-refractivity contribution in [1.82, 2.24) is 14.6 Å². The second-order valence-corrected chi connectivity index (χ2v) is 8.40. The molecule has 2 heterocycles. The fraction of sp³-hybridized carbons (Fsp3) is 0.400. The molecule has 2 aromatic rings. The van der Waals surface area contributed by atoms with Crippen molar-refractivity contribution >= 4 is 37.6 Å². The highest BCUT2D eigenvalue weighted by Gasteiger charge is 2.22. The van der Waals surface area contributed by atoms with Crippen LogP contribution >= 0.6 is 8.30 Å². The topological polar surface area (TPSA) is 162 Å². The number of benzene rings is 1. The average molecular weight is 478 g/mol. The number of hydrogen-bond donors (Lipinski definition) is 4. The van der Waals surface area contributed by atoms with Crippen molar-refractivity contribution in [3.63, 3.8) is 0 Å². The van der Waals surface area contributed by atoms with Crippen molar-refractivity contribution in [3.05, 3.63) is 45.9 Å². The summed E-state index contributed by atoms with van der Waals surface area (Å²) in [6.45, 7) is 2.76. The molecule has 5 N–H and O–H groups in total. The molecule has 3 rings (SSSR count). The predicted molar refractivity (Wildman–Crippen MR) is 124 cm³/mol. The first-order chi connectivity index (χ1) is 15.9. The lowest BCUT2D eigenvalue weighted by Crippen LogP contribution is -2.31. The summed E-state index contributed by atoms with van der Waals surface area (Å²) in [5.74, 6) is 0.0263. The van der Waals surface area contributed by atoms with Gasteiger partial charge in [-0.1, -0.05) is 24.3 Å². The van der Waals surface area contributed by atoms with Crippen LogP contribution in [-0.2, 0) is 31.7 Å². The van der Waals surface area contributed by atoms with Gasteiger partial charge in [-0.25, -0.2) is 4.79 Å². The van der Waals surface area contributed by atoms with Crippen LogP contribution in [0.2, 0.25) is 0 Å². The Labute approximate surface area is 191 Å². The Bertz CT molecular complexity index is 1080. The maximum Gasteiger partial charge on any atom is 0.351 e. The van der Waals surface area contributed by atoms with Gasteiger partial charge in [0.25, 0.3) is 6.02 Å². The standard InChI is InChI=1S/C20H27N6O6P/c1-3-31-15(27)10-22-33(29)12-14-6-4-5-13(9-14)11-26-18-16(21)17(24-20(26)28)23-19(25-18)32-8-7-30-2/h4-6,9,22,29H,3,7-8,10-12,21H2,1-2H3,(H,23,24,25,28). The number of nitrogens with zero attached hydrogens (tertiary/aromatic N) is 3. The highest BCUT2D eigenvalue weighted by molar-refractivity contribution is 7.48. The van der Waals surface area contributed by atoms with Gasteiger partial charge in [0.1, 0.15) is 20.6 Å². The van der Waals surface area contributed by atoms with E-state index in [1.165, 1.54) is 4.57 Å². The Morgan fingerprint density at radius 2 is 2.12 bits per heavy atom. The van der Waals surface area contributed by atoms with Crippen molar-refractivity contribution in [2.75, 3.05) is 44.5 Å². The number of aromatic nitrogens is 2. The highest BCUT2D eigenvalue weighted by Crippen LogP contribution is 2.32. The maximum absolute atomic E-state index is 12.6. The molecule has 0 fully saturated rings. The number of esters is 1. The number of anilines is 2. The molecular weight excluding hydrogens is 451 g/mol. The van der Waals surface area contributed by atoms with Gasteiger partial charge in [-0.05, 0) is 18.1 Å². The smallest absolute Gasteiger partial charge is 0.351 e. The van der Waals surface area contributed by atoms with Gasteiger partial charge in [0, 0.05) is 13.3 Å². The lowest BCUT2D eigenvalue weighted by atomic mass is 10.1. The predicted octanol–water partition coefficient (Wildman–Crippen LogP) is 0.907. The summed E-state index contributed by atoms with van der Waals surface area (Å²) in [6, 6.07) is 7.57. The molecule has 1 aromatic heterocycles. The third-order valence-electron chi connectivity index (χ3n) is 4.52. The van der Waals surface area contributed by atoms with Gasteiger partial charge >= 0.3 is 11.7 Å². The summed E-state index contributed by atoms with van der Waals surface area (Å²) in [5.41, 5.74) is 7.48. The zero-order chi connectivity index (χ0) is 23.8. The van der Waals surface area contributed by atoms with Crippen LogP contribution in [0.25, 0.3) is 0 Å². The Morgan fingerprint density at radius 1 is 1.33 bits per heavy atom. The summed E-state index contributed by atoms with van der Waals surface area (Å²) in [5, 5.41) is 5.57. The monoisotopic (exact) mass is 478 g/mol. The summed E-state index contributed by atoms with van der Waals surface area (Å²) >= 11 is 0. The fourth-order valence-electron chi connectivity index (χ4n) is 3.04. The lowest BCUT2D eigenvalue weighted by Gasteiger charge is -2.21. The number of hydrogen-bond acceptors (Lipinski definition) is 11. The van der Waals surface area contributed by atoms with E-state index in [1.807, 2.05) is 24.3 Å². The Morgan fingerprint density at radius 3 is 2.88 bits per heavy atom. The second kappa shape index (κ2) is 11.7. The summed E-state index contributed by atoms with van der Waals surface area (Å²) < 4.78 is 16.7. The molecule has 0 amide bonds. The Kier molecular flexibility index (Phi) is 8.72. The molecule has 1 aromatic carbocycles. The second-order valence-electron chi connectivity index (χ2n) is 6.97. The zero-order valence-electron chi connectivity index (χ0n) is 18.4. The van der Waals surface area contributed by atoms with E-state index in [1.54, 1.807) is 14.0 Å². The van der Waals surface area contributed by atoms with Crippen molar-refractivity contribution in [1.29, 1.82) is 0 Å². The average Bonchev–Trinajstić information content (AvgIpc) is 2.77. The quantitative estimate of drug-likeness (QED) is 0.207. The normalized spacial score (nSPS) is 13.1. The first-order valence-corrected chi connectivity index (χ1v) is 11.7. The zero-order valence-corrected chi connectivity index (χ0v) is 19.3. The third-order valence-corrected chi connectivity index (χ3v) is 5.71. The minimum atomic E-state index is -1.61. The molecule has 13 heteroatoms. The number of nitrogens with two attached hydrogens (primary N) is 1. The van der Waals surface area contributed by atoms with E-state index in [0.29, 0.717) is 12.8 Å². The van der Waals surface area contributed by atoms with E-state index in [4.69, 9.17) is 19.9 Å². The third kappa shape index (κ3) is 6.72. The van der Waals surface area contributed by atoms with Gasteiger partial charge in [0.2, 0.25) is 0 Å². The number of carbonyl (C=O) groups excluding carboxylic acids is 1. The number of ether oxygens (including phenoxy) is 3. The molecule has 33 heavy (non-hydrogen) atoms. The number of amidine groups is 1. The van der Waals surface area contributed by atoms with Crippen LogP contribution in [0.4, 0.5) is 17.3 Å². The van der Waals surface area contributed by atoms with Crippen molar-refractivity contribution in [2.45, 2.75) is 19.6 Å². The Balaban J connectivity index is 1.73. The first-order valence-electron chi connectivity index (χ1n) is 10.2. The molecule has 12 nitrogen and oxygen atoms in total. The van der Waals surface area contributed by atoms with Gasteiger partial charge in [-0.3, -0.25) is 19.8 Å². The van der Waals surface area contributed by atoms with Crippen LogP contribution in [0.1, 0.15) is 18.1 Å². The lowest BCUT2D eigenvalue weighted by molar-refractivity contribution is -0.141. The molecule has 1 aliphatic heterocycles. The van der Waals surface area contributed by atoms with Crippen LogP contribution in [0.15, 0.2) is 34.1 Å². The molecule has 0 aliphatic carbocycles. The molecule has 0 radical (unpaired) electrons. The Hall–Kier alpha value is -3.05. The van der Waals surface area contributed by atoms with E-state index < -0.39 is 20.0 Å². The van der Waals surface area contributed by atoms with Crippen LogP contribution in [0.5, 0.6) is 0 Å². The molecule has 1 aliphatic rings. The van der Waals surface area contributed by atoms with Gasteiger partial charge in [0.05, 0.1) is 26.3 Å². The number of fused-ring (bicyclic) bond motifs is 2. The van der Waals surface area contributed by atoms with Gasteiger partial charge < -0.3 is 24.8 Å². The molecule has 178 valence electrons. The maximum atomic E-state index is 12.6. The molecule has 2 bridgehead atoms. The summed E-state index contributed by atoms with van der Waals surface area (Å²) in [6.07, 6.45) is 0.323. The van der Waals surface area contributed by atoms with Gasteiger partial charge in [-0.15, -0.1) is 0 Å². The molecule has 1 unspecified atom stereocenters. The summed E-state index contributed by atoms with van der Waals surface area (Å²) in [4.78, 5) is 42.6. The number of carbonyl (C=O) groups is 1. The van der Waals surface area contributed by atoms with Crippen LogP contribution < -0.4 is 21.8 Å². The molecule has 0 saturated heterocycles. The van der Waals surface area contributed by atoms with Gasteiger partial charge in [-0.2, -0.15) is 9.98 Å². The van der Waals surface area contributed by atoms with Crippen molar-refractivity contribution in [2.24, 2.45) is 4.99 Å². The summed E-state index contributed by atoms with van der Waals surface area (Å²) in [7, 11) is -0.0503. The molecule has 0 spiro atoms. The fourth-order valence-corrected chi connectivity index (χ4v) is 4.00. The first kappa shape index (κ1) is 24.6. The minimum Gasteiger partial charge on any atom is -0.465 e. The van der Waals surface area contributed by atoms with Crippen LogP contribution in [-0.4, -0.2) is 59.9 Å². The van der Waals surface area contributed by atoms with E-state index in [9.17, 15) is 14.5 Å². The SMILES string of the molecule is CCOC(=O)CNP(O)Cc1cccc(Cn2c3c(N)c(nc2=O)NC(OCCOC)=N3)c1. The van der Waals surface area contributed by atoms with E-state index in [0.717, 1.165) is 11.1 Å². The molecular formula is C20H27N6O6P. The number of rotatable bonds is 11. The molecule has 1 atom stereocenters. The van der Waals surface area contributed by atoms with Crippen molar-refractivity contribution in [3.8, 4) is 0 Å². The van der Waals surface area contributed by atoms with E-state index in [2.05, 4.69) is 20.4 Å². The number of aliphatic imine (C=N–C) groups is 1. The van der Waals surface area contributed by atoms with Gasteiger partial charge in [0.15, 0.2) is 11.6 Å². The van der Waals surface area contributed by atoms with Crippen LogP contribution in [0, 0.1) is 0 Å². The number of nitrogens with one attached hydrogen (secondary N) is 2. The number of nitrogen functional groups attached to an aromatic ring is 1. The van der Waals surface area contributed by atoms with E-state index in [-0.39, 0.29) is 49.6 Å². The number of methoxy groups -OCH3 is 1. The highest BCUT2D eigenvalue weighted by atomic mass is 31.2. The minimum absolute atomic E-state index is 0.0629. The van der Waals surface area contributed by atoms with Crippen LogP contribution in [0.3, 0.4) is 0 Å². The van der Waals surface area contributed by atoms with Crippen molar-refractivity contribution < 1.29 is 23.9 Å².